The molecule has 0 saturated heterocycles. The molecule has 5 rings (SSSR count). The van der Waals surface area contributed by atoms with Gasteiger partial charge in [0.15, 0.2) is 11.7 Å². The first kappa shape index (κ1) is 26.5. The Kier molecular flexibility index (Phi) is 7.20. The van der Waals surface area contributed by atoms with E-state index in [-0.39, 0.29) is 24.0 Å². The number of methoxy groups -OCH3 is 1. The summed E-state index contributed by atoms with van der Waals surface area (Å²) in [5.41, 5.74) is 3.11. The van der Waals surface area contributed by atoms with E-state index in [2.05, 4.69) is 16.0 Å². The molecule has 7 nitrogen and oxygen atoms in total. The average molecular weight is 539 g/mol. The number of nitrogens with zero attached hydrogens (tertiary/aromatic N) is 4. The number of alkyl halides is 3. The lowest BCUT2D eigenvalue weighted by Crippen LogP contribution is -2.40. The summed E-state index contributed by atoms with van der Waals surface area (Å²) in [7, 11) is 1.63. The second kappa shape index (κ2) is 10.6. The highest BCUT2D eigenvalue weighted by Crippen LogP contribution is 2.33. The predicted octanol–water partition coefficient (Wildman–Crippen LogP) is 6.21. The van der Waals surface area contributed by atoms with Crippen molar-refractivity contribution >= 4 is 16.9 Å². The van der Waals surface area contributed by atoms with Crippen LogP contribution in [0.25, 0.3) is 22.4 Å². The second-order valence-corrected chi connectivity index (χ2v) is 9.82. The molecule has 0 saturated carbocycles. The Bertz CT molecular complexity index is 1540. The molecule has 1 amide bonds. The minimum Gasteiger partial charge on any atom is -0.496 e. The van der Waals surface area contributed by atoms with E-state index in [9.17, 15) is 18.0 Å². The Labute approximate surface area is 223 Å². The van der Waals surface area contributed by atoms with Crippen molar-refractivity contribution in [3.8, 4) is 17.1 Å². The monoisotopic (exact) mass is 538 g/mol. The Morgan fingerprint density at radius 3 is 2.72 bits per heavy atom. The van der Waals surface area contributed by atoms with Crippen molar-refractivity contribution in [2.75, 3.05) is 13.7 Å². The van der Waals surface area contributed by atoms with Crippen molar-refractivity contribution < 1.29 is 27.1 Å². The molecule has 0 spiro atoms. The lowest BCUT2D eigenvalue weighted by molar-refractivity contribution is -0.137. The van der Waals surface area contributed by atoms with Crippen molar-refractivity contribution in [3.05, 3.63) is 77.6 Å². The first-order chi connectivity index (χ1) is 18.6. The lowest BCUT2D eigenvalue weighted by Gasteiger charge is -2.28. The quantitative estimate of drug-likeness (QED) is 0.273. The van der Waals surface area contributed by atoms with Gasteiger partial charge in [-0.15, -0.1) is 0 Å². The van der Waals surface area contributed by atoms with Crippen molar-refractivity contribution in [2.45, 2.75) is 51.9 Å². The molecule has 0 bridgehead atoms. The van der Waals surface area contributed by atoms with Crippen LogP contribution in [0, 0.1) is 6.92 Å². The number of hydrogen-bond acceptors (Lipinski definition) is 5. The van der Waals surface area contributed by atoms with Gasteiger partial charge in [-0.25, -0.2) is 9.97 Å². The minimum absolute atomic E-state index is 0.0152. The van der Waals surface area contributed by atoms with Gasteiger partial charge in [0.05, 0.1) is 41.8 Å². The van der Waals surface area contributed by atoms with Crippen LogP contribution in [-0.2, 0) is 23.9 Å². The average Bonchev–Trinajstić information content (AvgIpc) is 3.46. The summed E-state index contributed by atoms with van der Waals surface area (Å²) in [6.45, 7) is 4.40. The van der Waals surface area contributed by atoms with E-state index in [0.717, 1.165) is 42.5 Å². The van der Waals surface area contributed by atoms with Crippen molar-refractivity contribution in [3.63, 3.8) is 0 Å². The van der Waals surface area contributed by atoms with Gasteiger partial charge < -0.3 is 18.6 Å². The van der Waals surface area contributed by atoms with Crippen molar-refractivity contribution in [1.82, 2.24) is 19.4 Å². The maximum atomic E-state index is 13.3. The molecule has 0 aliphatic carbocycles. The topological polar surface area (TPSA) is 73.4 Å². The highest BCUT2D eigenvalue weighted by atomic mass is 19.4. The Morgan fingerprint density at radius 1 is 1.18 bits per heavy atom. The Hall–Kier alpha value is -4.08. The van der Waals surface area contributed by atoms with E-state index in [1.54, 1.807) is 24.8 Å². The zero-order valence-corrected chi connectivity index (χ0v) is 22.0. The SMILES string of the molecule is COc1cc(CC2=CCCN(C(=O)Cn3cnc4cc(C(F)(F)F)ccc43)[C@H](C)C2)ccc1-c1cnc(C)o1. The normalized spacial score (nSPS) is 16.3. The molecule has 1 aliphatic heterocycles. The third-order valence-electron chi connectivity index (χ3n) is 7.05. The van der Waals surface area contributed by atoms with Crippen LogP contribution >= 0.6 is 0 Å². The molecule has 2 aromatic heterocycles. The number of benzene rings is 2. The number of carbonyl (C=O) groups is 1. The van der Waals surface area contributed by atoms with E-state index in [1.165, 1.54) is 18.0 Å². The molecular formula is C29H29F3N4O3. The molecular weight excluding hydrogens is 509 g/mol. The summed E-state index contributed by atoms with van der Waals surface area (Å²) in [5, 5.41) is 0. The van der Waals surface area contributed by atoms with Crippen LogP contribution in [0.5, 0.6) is 5.75 Å². The molecule has 39 heavy (non-hydrogen) atoms. The summed E-state index contributed by atoms with van der Waals surface area (Å²) in [6.07, 6.45) is 3.02. The third-order valence-corrected chi connectivity index (χ3v) is 7.05. The van der Waals surface area contributed by atoms with E-state index >= 15 is 0 Å². The second-order valence-electron chi connectivity index (χ2n) is 9.82. The van der Waals surface area contributed by atoms with Gasteiger partial charge in [0, 0.05) is 19.5 Å². The maximum absolute atomic E-state index is 13.3. The number of hydrogen-bond donors (Lipinski definition) is 0. The summed E-state index contributed by atoms with van der Waals surface area (Å²) in [6, 6.07) is 9.38. The number of ether oxygens (including phenoxy) is 1. The molecule has 0 N–H and O–H groups in total. The van der Waals surface area contributed by atoms with Crippen LogP contribution in [0.15, 0.2) is 65.0 Å². The highest BCUT2D eigenvalue weighted by Gasteiger charge is 2.31. The smallest absolute Gasteiger partial charge is 0.416 e. The van der Waals surface area contributed by atoms with Gasteiger partial charge in [0.1, 0.15) is 12.3 Å². The number of aryl methyl sites for hydroxylation is 1. The number of rotatable bonds is 6. The van der Waals surface area contributed by atoms with Gasteiger partial charge >= 0.3 is 6.18 Å². The predicted molar refractivity (Wildman–Crippen MR) is 140 cm³/mol. The number of halogens is 3. The largest absolute Gasteiger partial charge is 0.496 e. The molecule has 1 atom stereocenters. The molecule has 1 aliphatic rings. The number of oxazole rings is 1. The first-order valence-electron chi connectivity index (χ1n) is 12.7. The molecule has 10 heteroatoms. The molecule has 0 unspecified atom stereocenters. The summed E-state index contributed by atoms with van der Waals surface area (Å²) in [5.74, 6) is 1.85. The Balaban J connectivity index is 1.25. The molecule has 0 fully saturated rings. The zero-order valence-electron chi connectivity index (χ0n) is 22.0. The van der Waals surface area contributed by atoms with Crippen LogP contribution in [0.3, 0.4) is 0 Å². The van der Waals surface area contributed by atoms with Crippen LogP contribution in [-0.4, -0.2) is 45.0 Å². The van der Waals surface area contributed by atoms with E-state index in [4.69, 9.17) is 9.15 Å². The molecule has 3 heterocycles. The lowest BCUT2D eigenvalue weighted by atomic mass is 9.97. The fourth-order valence-electron chi connectivity index (χ4n) is 5.12. The molecule has 0 radical (unpaired) electrons. The van der Waals surface area contributed by atoms with Crippen LogP contribution in [0.2, 0.25) is 0 Å². The van der Waals surface area contributed by atoms with Gasteiger partial charge in [-0.1, -0.05) is 17.7 Å². The Morgan fingerprint density at radius 2 is 2.00 bits per heavy atom. The molecule has 204 valence electrons. The number of aromatic nitrogens is 3. The van der Waals surface area contributed by atoms with Crippen molar-refractivity contribution in [2.24, 2.45) is 0 Å². The minimum atomic E-state index is -4.44. The summed E-state index contributed by atoms with van der Waals surface area (Å²) in [4.78, 5) is 23.4. The number of carbonyl (C=O) groups excluding carboxylic acids is 1. The van der Waals surface area contributed by atoms with Crippen LogP contribution in [0.4, 0.5) is 13.2 Å². The summed E-state index contributed by atoms with van der Waals surface area (Å²) < 4.78 is 52.0. The number of amides is 1. The standard InChI is InChI=1S/C29H29F3N4O3/c1-18-11-20(12-21-6-8-23(26(13-21)38-3)27-15-33-19(2)39-27)5-4-10-36(18)28(37)16-35-17-34-24-14-22(29(30,31)32)7-9-25(24)35/h5-9,13-15,17-18H,4,10-12,16H2,1-3H3/t18-/m1/s1. The van der Waals surface area contributed by atoms with E-state index in [0.29, 0.717) is 29.5 Å². The van der Waals surface area contributed by atoms with Gasteiger partial charge in [-0.05, 0) is 62.1 Å². The van der Waals surface area contributed by atoms with Gasteiger partial charge in [-0.3, -0.25) is 4.79 Å². The van der Waals surface area contributed by atoms with Gasteiger partial charge in [-0.2, -0.15) is 13.2 Å². The fraction of sp³-hybridized carbons (Fsp3) is 0.345. The van der Waals surface area contributed by atoms with Crippen LogP contribution < -0.4 is 4.74 Å². The van der Waals surface area contributed by atoms with Crippen molar-refractivity contribution in [1.29, 1.82) is 0 Å². The summed E-state index contributed by atoms with van der Waals surface area (Å²) >= 11 is 0. The van der Waals surface area contributed by atoms with E-state index in [1.807, 2.05) is 30.0 Å². The fourth-order valence-corrected chi connectivity index (χ4v) is 5.12. The number of fused-ring (bicyclic) bond motifs is 1. The first-order valence-corrected chi connectivity index (χ1v) is 12.7. The molecule has 4 aromatic rings. The van der Waals surface area contributed by atoms with Gasteiger partial charge in [0.2, 0.25) is 5.91 Å². The third kappa shape index (κ3) is 5.69. The highest BCUT2D eigenvalue weighted by molar-refractivity contribution is 5.81. The van der Waals surface area contributed by atoms with Crippen LogP contribution in [0.1, 0.15) is 36.8 Å². The maximum Gasteiger partial charge on any atom is 0.416 e. The zero-order chi connectivity index (χ0) is 27.7. The van der Waals surface area contributed by atoms with Gasteiger partial charge in [0.25, 0.3) is 0 Å². The molecule has 2 aromatic carbocycles. The number of imidazole rings is 1. The van der Waals surface area contributed by atoms with E-state index < -0.39 is 11.7 Å².